The molecule has 13 heteroatoms. The van der Waals surface area contributed by atoms with Crippen LogP contribution < -0.4 is 14.8 Å². The normalized spacial score (nSPS) is 12.1. The zero-order chi connectivity index (χ0) is 25.8. The number of pyridine rings is 2. The minimum atomic E-state index is -3.26. The molecule has 0 fully saturated rings. The van der Waals surface area contributed by atoms with Crippen molar-refractivity contribution in [3.63, 3.8) is 0 Å². The third-order valence-corrected chi connectivity index (χ3v) is 4.79. The van der Waals surface area contributed by atoms with E-state index in [1.807, 2.05) is 0 Å². The molecule has 8 nitrogen and oxygen atoms in total. The van der Waals surface area contributed by atoms with Gasteiger partial charge in [0.15, 0.2) is 5.65 Å². The molecule has 3 aromatic heterocycles. The average molecular weight is 505 g/mol. The van der Waals surface area contributed by atoms with Crippen molar-refractivity contribution < 1.29 is 36.2 Å². The Morgan fingerprint density at radius 2 is 1.64 bits per heavy atom. The number of carbonyl (C=O) groups excluding carboxylic acids is 1. The Hall–Kier alpha value is -4.42. The monoisotopic (exact) mass is 505 g/mol. The Bertz CT molecular complexity index is 1360. The molecule has 1 N–H and O–H groups in total. The van der Waals surface area contributed by atoms with Crippen LogP contribution in [0.5, 0.6) is 11.5 Å². The van der Waals surface area contributed by atoms with Gasteiger partial charge in [-0.05, 0) is 43.3 Å². The molecule has 3 heterocycles. The fourth-order valence-corrected chi connectivity index (χ4v) is 3.31. The predicted octanol–water partition coefficient (Wildman–Crippen LogP) is 4.92. The molecular weight excluding hydrogens is 489 g/mol. The van der Waals surface area contributed by atoms with Crippen molar-refractivity contribution in [3.8, 4) is 22.9 Å². The summed E-state index contributed by atoms with van der Waals surface area (Å²) >= 11 is 0. The molecule has 0 radical (unpaired) electrons. The molecule has 0 spiro atoms. The number of halogens is 5. The van der Waals surface area contributed by atoms with Crippen LogP contribution in [-0.2, 0) is 0 Å². The summed E-state index contributed by atoms with van der Waals surface area (Å²) in [4.78, 5) is 30.1. The van der Waals surface area contributed by atoms with Crippen molar-refractivity contribution in [1.82, 2.24) is 25.3 Å². The first-order valence-corrected chi connectivity index (χ1v) is 10.3. The quantitative estimate of drug-likeness (QED) is 0.340. The Morgan fingerprint density at radius 3 is 2.25 bits per heavy atom. The first-order valence-electron chi connectivity index (χ1n) is 10.3. The smallest absolute Gasteiger partial charge is 0.387 e. The van der Waals surface area contributed by atoms with Crippen molar-refractivity contribution >= 4 is 17.1 Å². The average Bonchev–Trinajstić information content (AvgIpc) is 2.82. The van der Waals surface area contributed by atoms with E-state index in [4.69, 9.17) is 0 Å². The van der Waals surface area contributed by atoms with Gasteiger partial charge in [-0.25, -0.2) is 19.3 Å². The lowest BCUT2D eigenvalue weighted by molar-refractivity contribution is -0.0543. The van der Waals surface area contributed by atoms with Gasteiger partial charge in [0.2, 0.25) is 0 Å². The van der Waals surface area contributed by atoms with Gasteiger partial charge >= 0.3 is 13.2 Å². The van der Waals surface area contributed by atoms with Gasteiger partial charge in [0.25, 0.3) is 5.91 Å². The maximum atomic E-state index is 13.4. The van der Waals surface area contributed by atoms with Crippen molar-refractivity contribution in [3.05, 3.63) is 71.9 Å². The van der Waals surface area contributed by atoms with E-state index in [0.29, 0.717) is 5.52 Å². The molecule has 0 bridgehead atoms. The highest BCUT2D eigenvalue weighted by Gasteiger charge is 2.22. The Morgan fingerprint density at radius 1 is 0.944 bits per heavy atom. The molecule has 0 saturated heterocycles. The summed E-state index contributed by atoms with van der Waals surface area (Å²) in [6.45, 7) is -4.96. The summed E-state index contributed by atoms with van der Waals surface area (Å²) < 4.78 is 72.6. The van der Waals surface area contributed by atoms with E-state index in [1.165, 1.54) is 18.3 Å². The van der Waals surface area contributed by atoms with Gasteiger partial charge in [-0.1, -0.05) is 0 Å². The first-order chi connectivity index (χ1) is 17.2. The van der Waals surface area contributed by atoms with Crippen LogP contribution in [0, 0.1) is 5.82 Å². The molecule has 4 rings (SSSR count). The maximum Gasteiger partial charge on any atom is 0.387 e. The summed E-state index contributed by atoms with van der Waals surface area (Å²) in [7, 11) is 0. The van der Waals surface area contributed by atoms with Crippen LogP contribution in [-0.4, -0.2) is 39.1 Å². The first kappa shape index (κ1) is 24.7. The second-order valence-corrected chi connectivity index (χ2v) is 7.31. The van der Waals surface area contributed by atoms with E-state index in [2.05, 4.69) is 34.7 Å². The number of fused-ring (bicyclic) bond motifs is 1. The molecule has 1 aromatic carbocycles. The molecule has 0 aliphatic carbocycles. The molecule has 0 saturated carbocycles. The maximum absolute atomic E-state index is 13.4. The number of carbonyl (C=O) groups is 1. The van der Waals surface area contributed by atoms with Crippen molar-refractivity contribution in [2.75, 3.05) is 0 Å². The lowest BCUT2D eigenvalue weighted by Crippen LogP contribution is -2.28. The Labute approximate surface area is 200 Å². The van der Waals surface area contributed by atoms with E-state index in [-0.39, 0.29) is 28.3 Å². The number of hydrogen-bond donors (Lipinski definition) is 1. The molecule has 186 valence electrons. The van der Waals surface area contributed by atoms with Crippen LogP contribution in [0.25, 0.3) is 22.6 Å². The van der Waals surface area contributed by atoms with Crippen LogP contribution in [0.3, 0.4) is 0 Å². The Balaban J connectivity index is 1.69. The number of amides is 1. The highest BCUT2D eigenvalue weighted by atomic mass is 19.3. The van der Waals surface area contributed by atoms with Gasteiger partial charge < -0.3 is 14.8 Å². The van der Waals surface area contributed by atoms with Crippen molar-refractivity contribution in [1.29, 1.82) is 0 Å². The number of rotatable bonds is 8. The summed E-state index contributed by atoms with van der Waals surface area (Å²) in [6, 6.07) is 7.72. The molecule has 0 aliphatic rings. The number of benzene rings is 1. The summed E-state index contributed by atoms with van der Waals surface area (Å²) in [5.74, 6) is -2.49. The van der Waals surface area contributed by atoms with Crippen molar-refractivity contribution in [2.24, 2.45) is 0 Å². The van der Waals surface area contributed by atoms with Crippen molar-refractivity contribution in [2.45, 2.75) is 26.2 Å². The van der Waals surface area contributed by atoms with Gasteiger partial charge in [-0.3, -0.25) is 9.78 Å². The van der Waals surface area contributed by atoms with Crippen LogP contribution >= 0.6 is 0 Å². The lowest BCUT2D eigenvalue weighted by Gasteiger charge is -2.18. The van der Waals surface area contributed by atoms with E-state index < -0.39 is 42.5 Å². The topological polar surface area (TPSA) is 99.1 Å². The van der Waals surface area contributed by atoms with Crippen LogP contribution in [0.4, 0.5) is 22.0 Å². The molecule has 1 atom stereocenters. The van der Waals surface area contributed by atoms with Gasteiger partial charge in [-0.15, -0.1) is 0 Å². The molecule has 4 aromatic rings. The largest absolute Gasteiger partial charge is 0.435 e. The fourth-order valence-electron chi connectivity index (χ4n) is 3.31. The number of aromatic nitrogens is 4. The molecular formula is C23H16F5N5O3. The third kappa shape index (κ3) is 5.79. The fraction of sp³-hybridized carbons (Fsp3) is 0.174. The second-order valence-electron chi connectivity index (χ2n) is 7.31. The highest BCUT2D eigenvalue weighted by molar-refractivity contribution is 5.95. The molecule has 36 heavy (non-hydrogen) atoms. The van der Waals surface area contributed by atoms with Crippen LogP contribution in [0.15, 0.2) is 54.9 Å². The van der Waals surface area contributed by atoms with Gasteiger partial charge in [0.05, 0.1) is 23.6 Å². The van der Waals surface area contributed by atoms with E-state index in [9.17, 15) is 26.7 Å². The van der Waals surface area contributed by atoms with E-state index >= 15 is 0 Å². The molecule has 0 aliphatic heterocycles. The summed E-state index contributed by atoms with van der Waals surface area (Å²) in [6.07, 6.45) is 2.50. The third-order valence-electron chi connectivity index (χ3n) is 4.79. The number of ether oxygens (including phenoxy) is 2. The highest BCUT2D eigenvalue weighted by Crippen LogP contribution is 2.28. The second kappa shape index (κ2) is 10.5. The van der Waals surface area contributed by atoms with Crippen LogP contribution in [0.1, 0.15) is 29.0 Å². The zero-order valence-electron chi connectivity index (χ0n) is 18.3. The SMILES string of the molecule is C[C@H](NC(=O)c1cc(OC(F)F)cc(OC(F)F)c1)c1nc2ncccc2nc1-c1ccc(F)cn1. The lowest BCUT2D eigenvalue weighted by atomic mass is 10.1. The summed E-state index contributed by atoms with van der Waals surface area (Å²) in [5.41, 5.74) is 1.12. The van der Waals surface area contributed by atoms with E-state index in [1.54, 1.807) is 19.1 Å². The Kier molecular flexibility index (Phi) is 7.17. The van der Waals surface area contributed by atoms with E-state index in [0.717, 1.165) is 24.4 Å². The number of alkyl halides is 4. The number of nitrogens with zero attached hydrogens (tertiary/aromatic N) is 4. The summed E-state index contributed by atoms with van der Waals surface area (Å²) in [5, 5.41) is 2.60. The van der Waals surface area contributed by atoms with Crippen LogP contribution in [0.2, 0.25) is 0 Å². The van der Waals surface area contributed by atoms with Gasteiger partial charge in [0.1, 0.15) is 28.5 Å². The predicted molar refractivity (Wildman–Crippen MR) is 116 cm³/mol. The number of hydrogen-bond acceptors (Lipinski definition) is 7. The molecule has 1 amide bonds. The standard InChI is InChI=1S/C23H16F5N5O3/c1-11(31-21(34)12-7-14(35-22(25)26)9-15(8-12)36-23(27)28)18-19(16-5-4-13(24)10-30-16)32-17-3-2-6-29-20(17)33-18/h2-11,22-23H,1H3,(H,31,34)/t11-/m0/s1. The zero-order valence-corrected chi connectivity index (χ0v) is 18.3. The number of nitrogens with one attached hydrogen (secondary N) is 1. The molecule has 0 unspecified atom stereocenters. The van der Waals surface area contributed by atoms with Gasteiger partial charge in [0, 0.05) is 17.8 Å². The minimum absolute atomic E-state index is 0.220. The van der Waals surface area contributed by atoms with Gasteiger partial charge in [-0.2, -0.15) is 17.6 Å². The minimum Gasteiger partial charge on any atom is -0.435 e.